The molecule has 80 valence electrons. The van der Waals surface area contributed by atoms with Crippen molar-refractivity contribution < 1.29 is 14.6 Å². The van der Waals surface area contributed by atoms with Crippen molar-refractivity contribution in [2.75, 3.05) is 7.11 Å². The van der Waals surface area contributed by atoms with Crippen LogP contribution in [0.5, 0.6) is 11.5 Å². The summed E-state index contributed by atoms with van der Waals surface area (Å²) in [5, 5.41) is 9.36. The van der Waals surface area contributed by atoms with E-state index in [1.54, 1.807) is 12.1 Å². The molecule has 0 aliphatic carbocycles. The first-order chi connectivity index (χ1) is 7.27. The number of methoxy groups -OCH3 is 1. The average molecular weight is 206 g/mol. The second-order valence-corrected chi connectivity index (χ2v) is 3.11. The number of aldehydes is 1. The van der Waals surface area contributed by atoms with Gasteiger partial charge in [-0.15, -0.1) is 0 Å². The van der Waals surface area contributed by atoms with Crippen LogP contribution >= 0.6 is 0 Å². The van der Waals surface area contributed by atoms with Gasteiger partial charge in [0.2, 0.25) is 0 Å². The summed E-state index contributed by atoms with van der Waals surface area (Å²) in [6, 6.07) is 5.24. The van der Waals surface area contributed by atoms with Crippen molar-refractivity contribution in [3.8, 4) is 11.5 Å². The molecule has 0 saturated carbocycles. The number of carbonyl (C=O) groups excluding carboxylic acids is 1. The van der Waals surface area contributed by atoms with Crippen molar-refractivity contribution >= 4 is 6.29 Å². The minimum Gasteiger partial charge on any atom is -0.504 e. The van der Waals surface area contributed by atoms with Gasteiger partial charge in [0.05, 0.1) is 7.11 Å². The van der Waals surface area contributed by atoms with Gasteiger partial charge in [0, 0.05) is 0 Å². The zero-order chi connectivity index (χ0) is 11.1. The Morgan fingerprint density at radius 3 is 2.93 bits per heavy atom. The molecule has 0 bridgehead atoms. The Morgan fingerprint density at radius 2 is 2.27 bits per heavy atom. The minimum atomic E-state index is 0.143. The highest BCUT2D eigenvalue weighted by molar-refractivity contribution is 5.64. The van der Waals surface area contributed by atoms with E-state index in [9.17, 15) is 9.90 Å². The quantitative estimate of drug-likeness (QED) is 0.592. The van der Waals surface area contributed by atoms with E-state index in [2.05, 4.69) is 0 Å². The fourth-order valence-corrected chi connectivity index (χ4v) is 1.28. The Labute approximate surface area is 89.0 Å². The number of allylic oxidation sites excluding steroid dienone is 2. The van der Waals surface area contributed by atoms with Gasteiger partial charge < -0.3 is 9.84 Å². The number of hydrogen-bond donors (Lipinski definition) is 1. The Kier molecular flexibility index (Phi) is 4.41. The van der Waals surface area contributed by atoms with Gasteiger partial charge in [-0.1, -0.05) is 12.1 Å². The predicted octanol–water partition coefficient (Wildman–Crippen LogP) is 2.09. The summed E-state index contributed by atoms with van der Waals surface area (Å²) >= 11 is 0. The lowest BCUT2D eigenvalue weighted by Gasteiger charge is -2.05. The first-order valence-corrected chi connectivity index (χ1v) is 4.74. The summed E-state index contributed by atoms with van der Waals surface area (Å²) in [7, 11) is 1.52. The van der Waals surface area contributed by atoms with E-state index < -0.39 is 0 Å². The summed E-state index contributed by atoms with van der Waals surface area (Å²) in [6.45, 7) is 0. The van der Waals surface area contributed by atoms with Crippen molar-refractivity contribution in [1.82, 2.24) is 0 Å². The van der Waals surface area contributed by atoms with Crippen LogP contribution in [-0.2, 0) is 11.2 Å². The maximum Gasteiger partial charge on any atom is 0.160 e. The first-order valence-electron chi connectivity index (χ1n) is 4.74. The number of benzene rings is 1. The molecule has 0 heterocycles. The number of aryl methyl sites for hydroxylation is 1. The molecule has 1 rings (SSSR count). The second-order valence-electron chi connectivity index (χ2n) is 3.11. The topological polar surface area (TPSA) is 46.5 Å². The molecular formula is C12H14O3. The van der Waals surface area contributed by atoms with E-state index in [1.165, 1.54) is 13.2 Å². The summed E-state index contributed by atoms with van der Waals surface area (Å²) < 4.78 is 4.99. The molecule has 3 nitrogen and oxygen atoms in total. The van der Waals surface area contributed by atoms with Crippen molar-refractivity contribution in [3.63, 3.8) is 0 Å². The van der Waals surface area contributed by atoms with Crippen molar-refractivity contribution in [3.05, 3.63) is 35.9 Å². The normalized spacial score (nSPS) is 10.5. The molecule has 0 aliphatic rings. The number of rotatable bonds is 5. The van der Waals surface area contributed by atoms with E-state index in [0.29, 0.717) is 5.75 Å². The van der Waals surface area contributed by atoms with E-state index in [1.807, 2.05) is 12.1 Å². The Morgan fingerprint density at radius 1 is 1.47 bits per heavy atom. The summed E-state index contributed by atoms with van der Waals surface area (Å²) in [6.07, 6.45) is 5.68. The Balaban J connectivity index is 2.62. The van der Waals surface area contributed by atoms with Gasteiger partial charge in [0.1, 0.15) is 6.29 Å². The zero-order valence-corrected chi connectivity index (χ0v) is 8.64. The number of aromatic hydroxyl groups is 1. The molecule has 1 aromatic rings. The van der Waals surface area contributed by atoms with Crippen LogP contribution in [0.2, 0.25) is 0 Å². The molecule has 0 saturated heterocycles. The van der Waals surface area contributed by atoms with Gasteiger partial charge in [-0.2, -0.15) is 0 Å². The highest BCUT2D eigenvalue weighted by atomic mass is 16.5. The van der Waals surface area contributed by atoms with E-state index in [4.69, 9.17) is 4.74 Å². The van der Waals surface area contributed by atoms with Gasteiger partial charge in [0.25, 0.3) is 0 Å². The average Bonchev–Trinajstić information content (AvgIpc) is 2.26. The highest BCUT2D eigenvalue weighted by Gasteiger charge is 2.01. The van der Waals surface area contributed by atoms with E-state index in [0.717, 1.165) is 24.7 Å². The molecule has 0 unspecified atom stereocenters. The van der Waals surface area contributed by atoms with Gasteiger partial charge in [-0.25, -0.2) is 0 Å². The van der Waals surface area contributed by atoms with Crippen LogP contribution in [0.4, 0.5) is 0 Å². The third-order valence-electron chi connectivity index (χ3n) is 2.06. The molecule has 0 atom stereocenters. The first kappa shape index (κ1) is 11.3. The molecule has 0 aliphatic heterocycles. The predicted molar refractivity (Wildman–Crippen MR) is 58.2 cm³/mol. The molecule has 1 aromatic carbocycles. The molecule has 15 heavy (non-hydrogen) atoms. The van der Waals surface area contributed by atoms with Crippen LogP contribution in [0, 0.1) is 0 Å². The van der Waals surface area contributed by atoms with Crippen LogP contribution in [0.1, 0.15) is 12.0 Å². The Hall–Kier alpha value is -1.77. The minimum absolute atomic E-state index is 0.143. The van der Waals surface area contributed by atoms with Crippen LogP contribution in [0.25, 0.3) is 0 Å². The maximum absolute atomic E-state index is 10.0. The second kappa shape index (κ2) is 5.86. The SMILES string of the molecule is COc1cc(CC/C=C/C=O)ccc1O. The van der Waals surface area contributed by atoms with Crippen molar-refractivity contribution in [2.24, 2.45) is 0 Å². The third-order valence-corrected chi connectivity index (χ3v) is 2.06. The van der Waals surface area contributed by atoms with Crippen LogP contribution in [0.15, 0.2) is 30.4 Å². The highest BCUT2D eigenvalue weighted by Crippen LogP contribution is 2.26. The lowest BCUT2D eigenvalue weighted by molar-refractivity contribution is -0.104. The van der Waals surface area contributed by atoms with Crippen LogP contribution in [0.3, 0.4) is 0 Å². The fourth-order valence-electron chi connectivity index (χ4n) is 1.28. The standard InChI is InChI=1S/C12H14O3/c1-15-12-9-10(6-7-11(12)14)5-3-2-4-8-13/h2,4,6-9,14H,3,5H2,1H3/b4-2+. The molecular weight excluding hydrogens is 192 g/mol. The van der Waals surface area contributed by atoms with E-state index >= 15 is 0 Å². The van der Waals surface area contributed by atoms with Crippen LogP contribution in [-0.4, -0.2) is 18.5 Å². The third kappa shape index (κ3) is 3.46. The number of phenolic OH excluding ortho intramolecular Hbond substituents is 1. The smallest absolute Gasteiger partial charge is 0.160 e. The lowest BCUT2D eigenvalue weighted by atomic mass is 10.1. The van der Waals surface area contributed by atoms with Gasteiger partial charge in [-0.3, -0.25) is 4.79 Å². The molecule has 0 amide bonds. The molecule has 0 aromatic heterocycles. The molecule has 0 fully saturated rings. The van der Waals surface area contributed by atoms with Crippen molar-refractivity contribution in [1.29, 1.82) is 0 Å². The molecule has 1 N–H and O–H groups in total. The fraction of sp³-hybridized carbons (Fsp3) is 0.250. The number of phenols is 1. The number of hydrogen-bond acceptors (Lipinski definition) is 3. The molecule has 0 spiro atoms. The van der Waals surface area contributed by atoms with Gasteiger partial charge in [0.15, 0.2) is 11.5 Å². The Bertz CT molecular complexity index is 356. The number of ether oxygens (including phenoxy) is 1. The van der Waals surface area contributed by atoms with E-state index in [-0.39, 0.29) is 5.75 Å². The lowest BCUT2D eigenvalue weighted by Crippen LogP contribution is -1.88. The monoisotopic (exact) mass is 206 g/mol. The molecule has 0 radical (unpaired) electrons. The summed E-state index contributed by atoms with van der Waals surface area (Å²) in [4.78, 5) is 10.0. The number of carbonyl (C=O) groups is 1. The van der Waals surface area contributed by atoms with Crippen LogP contribution < -0.4 is 4.74 Å². The summed E-state index contributed by atoms with van der Waals surface area (Å²) in [5.74, 6) is 0.622. The maximum atomic E-state index is 10.0. The van der Waals surface area contributed by atoms with Gasteiger partial charge >= 0.3 is 0 Å². The zero-order valence-electron chi connectivity index (χ0n) is 8.64. The van der Waals surface area contributed by atoms with Crippen molar-refractivity contribution in [2.45, 2.75) is 12.8 Å². The summed E-state index contributed by atoms with van der Waals surface area (Å²) in [5.41, 5.74) is 1.07. The van der Waals surface area contributed by atoms with Gasteiger partial charge in [-0.05, 0) is 36.6 Å². The largest absolute Gasteiger partial charge is 0.504 e. The molecule has 3 heteroatoms.